The van der Waals surface area contributed by atoms with Crippen LogP contribution in [0.15, 0.2) is 59.7 Å². The van der Waals surface area contributed by atoms with Crippen LogP contribution >= 0.6 is 0 Å². The minimum Gasteiger partial charge on any atom is -0.403 e. The van der Waals surface area contributed by atoms with E-state index < -0.39 is 35.7 Å². The van der Waals surface area contributed by atoms with E-state index in [1.165, 1.54) is 35.2 Å². The lowest BCUT2D eigenvalue weighted by atomic mass is 10.0. The van der Waals surface area contributed by atoms with Crippen molar-refractivity contribution in [2.24, 2.45) is 0 Å². The monoisotopic (exact) mass is 453 g/mol. The molecule has 0 spiro atoms. The summed E-state index contributed by atoms with van der Waals surface area (Å²) in [5, 5.41) is 2.49. The Balaban J connectivity index is 2.00. The Labute approximate surface area is 178 Å². The number of hydrogen-bond donors (Lipinski definition) is 1. The van der Waals surface area contributed by atoms with E-state index in [0.717, 1.165) is 18.2 Å². The Morgan fingerprint density at radius 1 is 1.16 bits per heavy atom. The molecule has 1 atom stereocenters. The number of nitrogens with zero attached hydrogens (tertiary/aromatic N) is 2. The zero-order valence-corrected chi connectivity index (χ0v) is 16.5. The van der Waals surface area contributed by atoms with Crippen LogP contribution in [0.3, 0.4) is 0 Å². The standard InChI is InChI=1S/C21H16F5N3O3/c1-2-29-11-13(6-8-17(29)30)20(31)28-18(19-14(22)4-3-9-27-19)12-5-7-16(15(23)10-12)32-21(24,25)26/h3-11,18H,2H2,1H3,(H,28,31)/t18-/m0/s1. The van der Waals surface area contributed by atoms with E-state index in [1.807, 2.05) is 0 Å². The highest BCUT2D eigenvalue weighted by atomic mass is 19.4. The Kier molecular flexibility index (Phi) is 6.56. The second-order valence-electron chi connectivity index (χ2n) is 6.56. The number of aromatic nitrogens is 2. The minimum absolute atomic E-state index is 0.0605. The summed E-state index contributed by atoms with van der Waals surface area (Å²) < 4.78 is 70.8. The molecular formula is C21H16F5N3O3. The smallest absolute Gasteiger partial charge is 0.403 e. The number of carbonyl (C=O) groups excluding carboxylic acids is 1. The number of nitrogens with one attached hydrogen (secondary N) is 1. The average Bonchev–Trinajstić information content (AvgIpc) is 2.73. The number of pyridine rings is 2. The summed E-state index contributed by atoms with van der Waals surface area (Å²) in [6, 6.07) is 5.92. The molecule has 0 unspecified atom stereocenters. The normalized spacial score (nSPS) is 12.3. The third-order valence-corrected chi connectivity index (χ3v) is 4.44. The predicted molar refractivity (Wildman–Crippen MR) is 103 cm³/mol. The molecule has 0 saturated carbocycles. The number of carbonyl (C=O) groups is 1. The molecule has 32 heavy (non-hydrogen) atoms. The molecule has 2 aromatic heterocycles. The number of rotatable bonds is 6. The van der Waals surface area contributed by atoms with Gasteiger partial charge in [0.1, 0.15) is 11.5 Å². The van der Waals surface area contributed by atoms with Crippen molar-refractivity contribution in [2.75, 3.05) is 0 Å². The van der Waals surface area contributed by atoms with Gasteiger partial charge in [-0.2, -0.15) is 0 Å². The quantitative estimate of drug-likeness (QED) is 0.574. The highest BCUT2D eigenvalue weighted by Crippen LogP contribution is 2.30. The highest BCUT2D eigenvalue weighted by Gasteiger charge is 2.33. The van der Waals surface area contributed by atoms with Crippen LogP contribution in [-0.2, 0) is 6.54 Å². The summed E-state index contributed by atoms with van der Waals surface area (Å²) in [5.74, 6) is -4.01. The summed E-state index contributed by atoms with van der Waals surface area (Å²) in [6.07, 6.45) is -2.57. The Hall–Kier alpha value is -3.76. The summed E-state index contributed by atoms with van der Waals surface area (Å²) in [5.41, 5.74) is -0.635. The molecule has 0 fully saturated rings. The lowest BCUT2D eigenvalue weighted by molar-refractivity contribution is -0.275. The van der Waals surface area contributed by atoms with Crippen LogP contribution < -0.4 is 15.6 Å². The number of hydrogen-bond acceptors (Lipinski definition) is 4. The summed E-state index contributed by atoms with van der Waals surface area (Å²) in [4.78, 5) is 28.4. The predicted octanol–water partition coefficient (Wildman–Crippen LogP) is 3.96. The van der Waals surface area contributed by atoms with E-state index in [9.17, 15) is 31.5 Å². The van der Waals surface area contributed by atoms with Gasteiger partial charge in [0.2, 0.25) is 0 Å². The molecule has 1 amide bonds. The SMILES string of the molecule is CCn1cc(C(=O)N[C@@H](c2ccc(OC(F)(F)F)c(F)c2)c2ncccc2F)ccc1=O. The van der Waals surface area contributed by atoms with Crippen molar-refractivity contribution in [1.29, 1.82) is 0 Å². The zero-order chi connectivity index (χ0) is 23.5. The molecule has 0 aliphatic heterocycles. The fraction of sp³-hybridized carbons (Fsp3) is 0.190. The van der Waals surface area contributed by atoms with E-state index in [-0.39, 0.29) is 22.4 Å². The molecule has 6 nitrogen and oxygen atoms in total. The van der Waals surface area contributed by atoms with Gasteiger partial charge >= 0.3 is 6.36 Å². The topological polar surface area (TPSA) is 73.2 Å². The second-order valence-corrected chi connectivity index (χ2v) is 6.56. The van der Waals surface area contributed by atoms with Gasteiger partial charge in [0.15, 0.2) is 11.6 Å². The van der Waals surface area contributed by atoms with Crippen LogP contribution in [0.5, 0.6) is 5.75 Å². The van der Waals surface area contributed by atoms with Gasteiger partial charge in [-0.15, -0.1) is 13.2 Å². The maximum atomic E-state index is 14.4. The van der Waals surface area contributed by atoms with Gasteiger partial charge in [-0.25, -0.2) is 8.78 Å². The first-order valence-electron chi connectivity index (χ1n) is 9.26. The average molecular weight is 453 g/mol. The highest BCUT2D eigenvalue weighted by molar-refractivity contribution is 5.94. The van der Waals surface area contributed by atoms with Crippen LogP contribution in [0, 0.1) is 11.6 Å². The Morgan fingerprint density at radius 2 is 1.91 bits per heavy atom. The molecule has 3 rings (SSSR count). The van der Waals surface area contributed by atoms with Crippen LogP contribution in [0.1, 0.15) is 34.6 Å². The Bertz CT molecular complexity index is 1190. The molecule has 168 valence electrons. The molecule has 0 radical (unpaired) electrons. The summed E-state index contributed by atoms with van der Waals surface area (Å²) in [7, 11) is 0. The number of alkyl halides is 3. The first-order chi connectivity index (χ1) is 15.1. The molecular weight excluding hydrogens is 437 g/mol. The molecule has 0 aliphatic carbocycles. The van der Waals surface area contributed by atoms with E-state index in [1.54, 1.807) is 6.92 Å². The number of aryl methyl sites for hydroxylation is 1. The van der Waals surface area contributed by atoms with Crippen molar-refractivity contribution < 1.29 is 31.5 Å². The molecule has 1 N–H and O–H groups in total. The molecule has 2 heterocycles. The van der Waals surface area contributed by atoms with Crippen LogP contribution in [0.25, 0.3) is 0 Å². The zero-order valence-electron chi connectivity index (χ0n) is 16.5. The third kappa shape index (κ3) is 5.29. The van der Waals surface area contributed by atoms with Crippen LogP contribution in [0.2, 0.25) is 0 Å². The van der Waals surface area contributed by atoms with Crippen molar-refractivity contribution in [1.82, 2.24) is 14.9 Å². The third-order valence-electron chi connectivity index (χ3n) is 4.44. The van der Waals surface area contributed by atoms with Crippen LogP contribution in [0.4, 0.5) is 22.0 Å². The van der Waals surface area contributed by atoms with E-state index in [0.29, 0.717) is 12.6 Å². The summed E-state index contributed by atoms with van der Waals surface area (Å²) in [6.45, 7) is 1.99. The number of ether oxygens (including phenoxy) is 1. The van der Waals surface area contributed by atoms with Gasteiger partial charge in [0, 0.05) is 25.0 Å². The maximum absolute atomic E-state index is 14.4. The Morgan fingerprint density at radius 3 is 2.53 bits per heavy atom. The molecule has 0 saturated heterocycles. The van der Waals surface area contributed by atoms with Crippen molar-refractivity contribution >= 4 is 5.91 Å². The first-order valence-corrected chi connectivity index (χ1v) is 9.26. The van der Waals surface area contributed by atoms with Crippen molar-refractivity contribution in [3.05, 3.63) is 93.7 Å². The van der Waals surface area contributed by atoms with Gasteiger partial charge in [-0.3, -0.25) is 14.6 Å². The largest absolute Gasteiger partial charge is 0.573 e. The fourth-order valence-electron chi connectivity index (χ4n) is 2.95. The van der Waals surface area contributed by atoms with Gasteiger partial charge in [0.25, 0.3) is 11.5 Å². The molecule has 0 aliphatic rings. The molecule has 3 aromatic rings. The van der Waals surface area contributed by atoms with Crippen molar-refractivity contribution in [3.63, 3.8) is 0 Å². The molecule has 1 aromatic carbocycles. The fourth-order valence-corrected chi connectivity index (χ4v) is 2.95. The van der Waals surface area contributed by atoms with Gasteiger partial charge in [-0.1, -0.05) is 6.07 Å². The van der Waals surface area contributed by atoms with E-state index in [2.05, 4.69) is 15.0 Å². The first kappa shape index (κ1) is 22.9. The lowest BCUT2D eigenvalue weighted by Crippen LogP contribution is -2.32. The number of benzene rings is 1. The van der Waals surface area contributed by atoms with Gasteiger partial charge < -0.3 is 14.6 Å². The van der Waals surface area contributed by atoms with E-state index in [4.69, 9.17) is 0 Å². The minimum atomic E-state index is -5.11. The van der Waals surface area contributed by atoms with Gasteiger partial charge in [0.05, 0.1) is 11.6 Å². The lowest BCUT2D eigenvalue weighted by Gasteiger charge is -2.20. The summed E-state index contributed by atoms with van der Waals surface area (Å²) >= 11 is 0. The van der Waals surface area contributed by atoms with Gasteiger partial charge in [-0.05, 0) is 42.8 Å². The number of halogens is 5. The van der Waals surface area contributed by atoms with Crippen molar-refractivity contribution in [2.45, 2.75) is 25.9 Å². The van der Waals surface area contributed by atoms with Crippen LogP contribution in [-0.4, -0.2) is 21.8 Å². The molecule has 0 bridgehead atoms. The molecule has 11 heteroatoms. The number of amides is 1. The second kappa shape index (κ2) is 9.16. The van der Waals surface area contributed by atoms with E-state index >= 15 is 0 Å². The van der Waals surface area contributed by atoms with Crippen molar-refractivity contribution in [3.8, 4) is 5.75 Å². The maximum Gasteiger partial charge on any atom is 0.573 e.